The molecule has 0 saturated heterocycles. The average molecular weight is 332 g/mol. The van der Waals surface area contributed by atoms with Crippen LogP contribution >= 0.6 is 0 Å². The van der Waals surface area contributed by atoms with Crippen molar-refractivity contribution in [1.82, 2.24) is 9.97 Å². The second kappa shape index (κ2) is 7.57. The molecule has 0 unspecified atom stereocenters. The zero-order valence-corrected chi connectivity index (χ0v) is 14.2. The van der Waals surface area contributed by atoms with Gasteiger partial charge in [0.2, 0.25) is 0 Å². The third kappa shape index (κ3) is 4.41. The Kier molecular flexibility index (Phi) is 5.04. The molecule has 3 rings (SSSR count). The van der Waals surface area contributed by atoms with Crippen LogP contribution in [0.2, 0.25) is 0 Å². The highest BCUT2D eigenvalue weighted by atomic mass is 16.1. The second-order valence-corrected chi connectivity index (χ2v) is 6.03. The maximum atomic E-state index is 12.1. The summed E-state index contributed by atoms with van der Waals surface area (Å²) >= 11 is 0. The highest BCUT2D eigenvalue weighted by Crippen LogP contribution is 2.21. The summed E-state index contributed by atoms with van der Waals surface area (Å²) in [6.45, 7) is 4.34. The quantitative estimate of drug-likeness (QED) is 0.717. The van der Waals surface area contributed by atoms with E-state index < -0.39 is 0 Å². The highest BCUT2D eigenvalue weighted by Gasteiger charge is 2.06. The minimum atomic E-state index is -0.231. The Labute approximate surface area is 147 Å². The smallest absolute Gasteiger partial charge is 0.258 e. The van der Waals surface area contributed by atoms with Gasteiger partial charge in [-0.05, 0) is 47.9 Å². The van der Waals surface area contributed by atoms with Gasteiger partial charge in [0.1, 0.15) is 5.82 Å². The third-order valence-corrected chi connectivity index (χ3v) is 3.79. The summed E-state index contributed by atoms with van der Waals surface area (Å²) in [6, 6.07) is 15.4. The molecule has 0 radical (unpaired) electrons. The number of rotatable bonds is 5. The average Bonchev–Trinajstić information content (AvgIpc) is 2.64. The maximum absolute atomic E-state index is 12.1. The number of aromatic nitrogens is 2. The van der Waals surface area contributed by atoms with E-state index in [0.717, 1.165) is 11.4 Å². The predicted octanol–water partition coefficient (Wildman–Crippen LogP) is 4.60. The topological polar surface area (TPSA) is 66.9 Å². The summed E-state index contributed by atoms with van der Waals surface area (Å²) in [7, 11) is 0. The van der Waals surface area contributed by atoms with Crippen LogP contribution in [0.1, 0.15) is 35.7 Å². The van der Waals surface area contributed by atoms with Crippen LogP contribution in [0.15, 0.2) is 67.1 Å². The van der Waals surface area contributed by atoms with Gasteiger partial charge in [-0.3, -0.25) is 9.78 Å². The van der Waals surface area contributed by atoms with E-state index in [1.807, 2.05) is 18.2 Å². The van der Waals surface area contributed by atoms with Gasteiger partial charge in [-0.15, -0.1) is 0 Å². The molecule has 0 aliphatic carbocycles. The summed E-state index contributed by atoms with van der Waals surface area (Å²) in [6.07, 6.45) is 4.84. The monoisotopic (exact) mass is 332 g/mol. The molecule has 1 amide bonds. The highest BCUT2D eigenvalue weighted by molar-refractivity contribution is 6.03. The van der Waals surface area contributed by atoms with Crippen LogP contribution in [0.25, 0.3) is 0 Å². The molecule has 2 N–H and O–H groups in total. The van der Waals surface area contributed by atoms with E-state index in [0.29, 0.717) is 17.3 Å². The number of hydrogen-bond acceptors (Lipinski definition) is 4. The van der Waals surface area contributed by atoms with Crippen LogP contribution in [0, 0.1) is 0 Å². The summed E-state index contributed by atoms with van der Waals surface area (Å²) in [5, 5.41) is 6.05. The SMILES string of the molecule is CC(C)c1ccc(Nc2ccc(NC(=O)c3cccnc3)nc2)cc1. The van der Waals surface area contributed by atoms with E-state index in [4.69, 9.17) is 0 Å². The van der Waals surface area contributed by atoms with E-state index >= 15 is 0 Å². The lowest BCUT2D eigenvalue weighted by atomic mass is 10.0. The molecule has 2 heterocycles. The first-order valence-corrected chi connectivity index (χ1v) is 8.16. The van der Waals surface area contributed by atoms with Crippen LogP contribution in [0.4, 0.5) is 17.2 Å². The first-order valence-electron chi connectivity index (χ1n) is 8.16. The Morgan fingerprint density at radius 3 is 2.32 bits per heavy atom. The molecular formula is C20H20N4O. The van der Waals surface area contributed by atoms with Gasteiger partial charge in [0, 0.05) is 18.1 Å². The molecule has 0 bridgehead atoms. The standard InChI is InChI=1S/C20H20N4O/c1-14(2)15-5-7-17(8-6-15)23-18-9-10-19(22-13-18)24-20(25)16-4-3-11-21-12-16/h3-14,23H,1-2H3,(H,22,24,25). The summed E-state index contributed by atoms with van der Waals surface area (Å²) in [5.74, 6) is 0.776. The fraction of sp³-hybridized carbons (Fsp3) is 0.150. The number of pyridine rings is 2. The molecule has 0 spiro atoms. The minimum Gasteiger partial charge on any atom is -0.354 e. The van der Waals surface area contributed by atoms with Gasteiger partial charge in [0.15, 0.2) is 0 Å². The lowest BCUT2D eigenvalue weighted by Gasteiger charge is -2.10. The fourth-order valence-corrected chi connectivity index (χ4v) is 2.35. The Balaban J connectivity index is 1.63. The number of amides is 1. The van der Waals surface area contributed by atoms with Gasteiger partial charge in [-0.2, -0.15) is 0 Å². The van der Waals surface area contributed by atoms with E-state index in [1.54, 1.807) is 30.6 Å². The van der Waals surface area contributed by atoms with Crippen LogP contribution in [0.3, 0.4) is 0 Å². The first kappa shape index (κ1) is 16.6. The fourth-order valence-electron chi connectivity index (χ4n) is 2.35. The van der Waals surface area contributed by atoms with E-state index in [9.17, 15) is 4.79 Å². The van der Waals surface area contributed by atoms with Crippen LogP contribution in [-0.2, 0) is 0 Å². The molecule has 0 aliphatic heterocycles. The van der Waals surface area contributed by atoms with Crippen molar-refractivity contribution in [2.45, 2.75) is 19.8 Å². The number of anilines is 3. The third-order valence-electron chi connectivity index (χ3n) is 3.79. The molecule has 2 aromatic heterocycles. The molecular weight excluding hydrogens is 312 g/mol. The van der Waals surface area contributed by atoms with Crippen LogP contribution in [-0.4, -0.2) is 15.9 Å². The molecule has 0 fully saturated rings. The van der Waals surface area contributed by atoms with E-state index in [2.05, 4.69) is 46.6 Å². The number of nitrogens with zero attached hydrogens (tertiary/aromatic N) is 2. The number of hydrogen-bond donors (Lipinski definition) is 2. The summed E-state index contributed by atoms with van der Waals surface area (Å²) in [4.78, 5) is 20.3. The molecule has 5 heteroatoms. The van der Waals surface area contributed by atoms with Gasteiger partial charge in [-0.1, -0.05) is 26.0 Å². The van der Waals surface area contributed by atoms with Gasteiger partial charge in [-0.25, -0.2) is 4.98 Å². The van der Waals surface area contributed by atoms with Gasteiger partial charge < -0.3 is 10.6 Å². The number of carbonyl (C=O) groups excluding carboxylic acids is 1. The van der Waals surface area contributed by atoms with Crippen LogP contribution < -0.4 is 10.6 Å². The molecule has 0 atom stereocenters. The molecule has 0 saturated carbocycles. The number of benzene rings is 1. The lowest BCUT2D eigenvalue weighted by Crippen LogP contribution is -2.13. The van der Waals surface area contributed by atoms with Crippen molar-refractivity contribution in [3.8, 4) is 0 Å². The largest absolute Gasteiger partial charge is 0.354 e. The normalized spacial score (nSPS) is 10.5. The molecule has 126 valence electrons. The summed E-state index contributed by atoms with van der Waals surface area (Å²) < 4.78 is 0. The number of carbonyl (C=O) groups is 1. The molecule has 0 aliphatic rings. The number of nitrogens with one attached hydrogen (secondary N) is 2. The Morgan fingerprint density at radius 1 is 0.960 bits per heavy atom. The van der Waals surface area contributed by atoms with Gasteiger partial charge in [0.25, 0.3) is 5.91 Å². The molecule has 25 heavy (non-hydrogen) atoms. The van der Waals surface area contributed by atoms with E-state index in [-0.39, 0.29) is 5.91 Å². The predicted molar refractivity (Wildman–Crippen MR) is 100 cm³/mol. The lowest BCUT2D eigenvalue weighted by molar-refractivity contribution is 0.102. The molecule has 3 aromatic rings. The van der Waals surface area contributed by atoms with Crippen molar-refractivity contribution in [2.75, 3.05) is 10.6 Å². The van der Waals surface area contributed by atoms with Crippen molar-refractivity contribution in [3.63, 3.8) is 0 Å². The zero-order valence-electron chi connectivity index (χ0n) is 14.2. The Bertz CT molecular complexity index is 828. The Morgan fingerprint density at radius 2 is 1.72 bits per heavy atom. The van der Waals surface area contributed by atoms with Crippen molar-refractivity contribution in [3.05, 3.63) is 78.2 Å². The summed E-state index contributed by atoms with van der Waals surface area (Å²) in [5.41, 5.74) is 3.66. The van der Waals surface area contributed by atoms with Crippen molar-refractivity contribution in [1.29, 1.82) is 0 Å². The van der Waals surface area contributed by atoms with Crippen LogP contribution in [0.5, 0.6) is 0 Å². The molecule has 1 aromatic carbocycles. The van der Waals surface area contributed by atoms with Gasteiger partial charge >= 0.3 is 0 Å². The van der Waals surface area contributed by atoms with Crippen molar-refractivity contribution in [2.24, 2.45) is 0 Å². The van der Waals surface area contributed by atoms with E-state index in [1.165, 1.54) is 11.8 Å². The Hall–Kier alpha value is -3.21. The second-order valence-electron chi connectivity index (χ2n) is 6.03. The zero-order chi connectivity index (χ0) is 17.6. The van der Waals surface area contributed by atoms with Gasteiger partial charge in [0.05, 0.1) is 17.4 Å². The maximum Gasteiger partial charge on any atom is 0.258 e. The van der Waals surface area contributed by atoms with Crippen molar-refractivity contribution < 1.29 is 4.79 Å². The van der Waals surface area contributed by atoms with Crippen molar-refractivity contribution >= 4 is 23.1 Å². The molecule has 5 nitrogen and oxygen atoms in total. The first-order chi connectivity index (χ1) is 12.1. The minimum absolute atomic E-state index is 0.231.